The van der Waals surface area contributed by atoms with Gasteiger partial charge in [0.2, 0.25) is 0 Å². The summed E-state index contributed by atoms with van der Waals surface area (Å²) in [4.78, 5) is 0. The van der Waals surface area contributed by atoms with Gasteiger partial charge in [-0.15, -0.1) is 11.8 Å². The van der Waals surface area contributed by atoms with Gasteiger partial charge in [-0.05, 0) is 18.6 Å². The van der Waals surface area contributed by atoms with E-state index in [-0.39, 0.29) is 0 Å². The zero-order chi connectivity index (χ0) is 6.74. The molecule has 1 heterocycles. The van der Waals surface area contributed by atoms with Crippen molar-refractivity contribution in [1.82, 2.24) is 0 Å². The van der Waals surface area contributed by atoms with E-state index in [9.17, 15) is 0 Å². The molecule has 1 aliphatic rings. The molecule has 1 fully saturated rings. The van der Waals surface area contributed by atoms with E-state index in [1.54, 1.807) is 5.08 Å². The summed E-state index contributed by atoms with van der Waals surface area (Å²) < 4.78 is 18.2. The molecule has 2 nitrogen and oxygen atoms in total. The van der Waals surface area contributed by atoms with Crippen LogP contribution in [0.4, 0.5) is 0 Å². The third-order valence-electron chi connectivity index (χ3n) is 1.18. The van der Waals surface area contributed by atoms with E-state index in [1.807, 2.05) is 0 Å². The molecule has 0 aromatic rings. The summed E-state index contributed by atoms with van der Waals surface area (Å²) in [6.07, 6.45) is 2.06. The smallest absolute Gasteiger partial charge is 0.123 e. The van der Waals surface area contributed by atoms with E-state index in [0.29, 0.717) is 5.75 Å². The van der Waals surface area contributed by atoms with Crippen LogP contribution in [-0.4, -0.2) is 20.6 Å². The fraction of sp³-hybridized carbons (Fsp3) is 0.800. The second-order valence-corrected chi connectivity index (χ2v) is 5.45. The van der Waals surface area contributed by atoms with Crippen LogP contribution in [0.2, 0.25) is 0 Å². The maximum atomic E-state index is 9.12. The summed E-state index contributed by atoms with van der Waals surface area (Å²) in [5.74, 6) is 1.61. The molecule has 9 heavy (non-hydrogen) atoms. The molecule has 0 saturated carbocycles. The highest BCUT2D eigenvalue weighted by atomic mass is 32.3. The second-order valence-electron chi connectivity index (χ2n) is 2.10. The van der Waals surface area contributed by atoms with Crippen molar-refractivity contribution in [2.45, 2.75) is 12.8 Å². The minimum Gasteiger partial charge on any atom is -0.298 e. The lowest BCUT2D eigenvalue weighted by atomic mass is 10.4. The lowest BCUT2D eigenvalue weighted by Gasteiger charge is -2.28. The van der Waals surface area contributed by atoms with Crippen LogP contribution in [0.25, 0.3) is 0 Å². The Balaban J connectivity index is 2.36. The van der Waals surface area contributed by atoms with Crippen LogP contribution in [0, 0.1) is 5.08 Å². The Morgan fingerprint density at radius 3 is 2.89 bits per heavy atom. The average molecular weight is 167 g/mol. The molecular weight excluding hydrogens is 156 g/mol. The zero-order valence-electron chi connectivity index (χ0n) is 5.12. The normalized spacial score (nSPS) is 30.9. The Labute approximate surface area is 61.4 Å². The highest BCUT2D eigenvalue weighted by Crippen LogP contribution is 2.49. The van der Waals surface area contributed by atoms with Gasteiger partial charge in [0.1, 0.15) is 5.08 Å². The fourth-order valence-electron chi connectivity index (χ4n) is 0.705. The highest BCUT2D eigenvalue weighted by molar-refractivity contribution is 8.34. The number of hydrogen-bond acceptors (Lipinski definition) is 3. The van der Waals surface area contributed by atoms with Gasteiger partial charge < -0.3 is 0 Å². The molecule has 0 spiro atoms. The first kappa shape index (κ1) is 7.72. The summed E-state index contributed by atoms with van der Waals surface area (Å²) in [6.45, 7) is 0. The molecule has 0 aliphatic carbocycles. The van der Waals surface area contributed by atoms with Crippen molar-refractivity contribution in [3.63, 3.8) is 0 Å². The van der Waals surface area contributed by atoms with Crippen LogP contribution in [0.3, 0.4) is 0 Å². The van der Waals surface area contributed by atoms with Gasteiger partial charge >= 0.3 is 0 Å². The van der Waals surface area contributed by atoms with E-state index in [0.717, 1.165) is 18.6 Å². The van der Waals surface area contributed by atoms with Crippen LogP contribution in [0.5, 0.6) is 0 Å². The van der Waals surface area contributed by atoms with Gasteiger partial charge in [0, 0.05) is 5.75 Å². The van der Waals surface area contributed by atoms with Crippen molar-refractivity contribution in [2.75, 3.05) is 11.5 Å². The molecule has 0 amide bonds. The molecule has 4 heteroatoms. The minimum atomic E-state index is -2.28. The Bertz CT molecular complexity index is 85.0. The third kappa shape index (κ3) is 2.80. The predicted octanol–water partition coefficient (Wildman–Crippen LogP) is 2.38. The lowest BCUT2D eigenvalue weighted by molar-refractivity contribution is 0.496. The van der Waals surface area contributed by atoms with E-state index >= 15 is 0 Å². The molecule has 1 aliphatic heterocycles. The Kier molecular flexibility index (Phi) is 2.70. The maximum absolute atomic E-state index is 9.12. The number of thioether (sulfide) groups is 1. The van der Waals surface area contributed by atoms with Gasteiger partial charge in [-0.3, -0.25) is 9.11 Å². The molecule has 1 saturated heterocycles. The van der Waals surface area contributed by atoms with Crippen molar-refractivity contribution in [3.05, 3.63) is 5.08 Å². The maximum Gasteiger partial charge on any atom is 0.123 e. The summed E-state index contributed by atoms with van der Waals surface area (Å²) in [6, 6.07) is 0. The first-order valence-electron chi connectivity index (χ1n) is 2.91. The van der Waals surface area contributed by atoms with Crippen LogP contribution in [0.15, 0.2) is 0 Å². The van der Waals surface area contributed by atoms with E-state index in [4.69, 9.17) is 9.11 Å². The van der Waals surface area contributed by atoms with Crippen molar-refractivity contribution < 1.29 is 9.11 Å². The SMILES string of the molecule is OS1(O)[CH]SCCCC1. The molecule has 0 aromatic heterocycles. The van der Waals surface area contributed by atoms with Gasteiger partial charge in [0.05, 0.1) is 0 Å². The molecular formula is C5H11O2S2. The monoisotopic (exact) mass is 167 g/mol. The van der Waals surface area contributed by atoms with E-state index < -0.39 is 10.6 Å². The van der Waals surface area contributed by atoms with Gasteiger partial charge in [-0.25, -0.2) is 0 Å². The molecule has 1 rings (SSSR count). The predicted molar refractivity (Wildman–Crippen MR) is 43.7 cm³/mol. The van der Waals surface area contributed by atoms with Crippen molar-refractivity contribution in [1.29, 1.82) is 0 Å². The summed E-state index contributed by atoms with van der Waals surface area (Å²) in [5.41, 5.74) is 0. The van der Waals surface area contributed by atoms with Crippen molar-refractivity contribution in [2.24, 2.45) is 0 Å². The molecule has 0 aromatic carbocycles. The van der Waals surface area contributed by atoms with Gasteiger partial charge in [0.15, 0.2) is 0 Å². The highest BCUT2D eigenvalue weighted by Gasteiger charge is 2.15. The average Bonchev–Trinajstić information content (AvgIpc) is 1.92. The third-order valence-corrected chi connectivity index (χ3v) is 4.37. The largest absolute Gasteiger partial charge is 0.298 e. The van der Waals surface area contributed by atoms with E-state index in [1.165, 1.54) is 11.8 Å². The molecule has 1 radical (unpaired) electrons. The Morgan fingerprint density at radius 1 is 1.33 bits per heavy atom. The van der Waals surface area contributed by atoms with Gasteiger partial charge in [0.25, 0.3) is 0 Å². The minimum absolute atomic E-state index is 0.569. The first-order valence-corrected chi connectivity index (χ1v) is 5.74. The summed E-state index contributed by atoms with van der Waals surface area (Å²) in [7, 11) is -2.28. The first-order chi connectivity index (χ1) is 4.21. The topological polar surface area (TPSA) is 40.5 Å². The Hall–Kier alpha value is 0.620. The molecule has 0 bridgehead atoms. The van der Waals surface area contributed by atoms with Gasteiger partial charge in [-0.1, -0.05) is 0 Å². The number of rotatable bonds is 0. The molecule has 2 N–H and O–H groups in total. The molecule has 0 atom stereocenters. The molecule has 55 valence electrons. The second kappa shape index (κ2) is 3.14. The fourth-order valence-corrected chi connectivity index (χ4v) is 3.35. The Morgan fingerprint density at radius 2 is 2.11 bits per heavy atom. The van der Waals surface area contributed by atoms with Crippen molar-refractivity contribution >= 4 is 22.4 Å². The van der Waals surface area contributed by atoms with Crippen LogP contribution in [0.1, 0.15) is 12.8 Å². The van der Waals surface area contributed by atoms with Crippen LogP contribution < -0.4 is 0 Å². The van der Waals surface area contributed by atoms with Crippen LogP contribution >= 0.6 is 22.4 Å². The van der Waals surface area contributed by atoms with E-state index in [2.05, 4.69) is 0 Å². The molecule has 0 unspecified atom stereocenters. The summed E-state index contributed by atoms with van der Waals surface area (Å²) in [5, 5.41) is 1.60. The van der Waals surface area contributed by atoms with Crippen LogP contribution in [-0.2, 0) is 0 Å². The quantitative estimate of drug-likeness (QED) is 0.582. The summed E-state index contributed by atoms with van der Waals surface area (Å²) >= 11 is 1.53. The number of hydrogen-bond donors (Lipinski definition) is 2. The lowest BCUT2D eigenvalue weighted by Crippen LogP contribution is -1.98. The van der Waals surface area contributed by atoms with Crippen molar-refractivity contribution in [3.8, 4) is 0 Å². The zero-order valence-corrected chi connectivity index (χ0v) is 6.75. The van der Waals surface area contributed by atoms with Gasteiger partial charge in [-0.2, -0.15) is 10.6 Å². The standard InChI is InChI=1S/C5H11O2S2/c6-9(7)4-2-1-3-8-5-9/h5-7H,1-4H2.